The predicted octanol–water partition coefficient (Wildman–Crippen LogP) is 7.06. The highest BCUT2D eigenvalue weighted by Crippen LogP contribution is 2.53. The van der Waals surface area contributed by atoms with Crippen LogP contribution >= 0.6 is 50.7 Å². The lowest BCUT2D eigenvalue weighted by molar-refractivity contribution is -0.195. The van der Waals surface area contributed by atoms with Crippen molar-refractivity contribution in [2.24, 2.45) is 10.9 Å². The molecule has 0 aliphatic carbocycles. The SMILES string of the molecule is CC(=O)[C@H]1C(c2ccc(F)c(Br)c2)=NC[C@]1(c1cc(Cl)c(Cl)c(Cl)c1)C(F)(F)F. The molecule has 0 aromatic heterocycles. The second-order valence-electron chi connectivity index (χ2n) is 6.60. The minimum Gasteiger partial charge on any atom is -0.299 e. The number of nitrogens with zero attached hydrogens (tertiary/aromatic N) is 1. The van der Waals surface area contributed by atoms with E-state index in [1.807, 2.05) is 0 Å². The molecule has 0 amide bonds. The van der Waals surface area contributed by atoms with Gasteiger partial charge in [-0.2, -0.15) is 13.2 Å². The van der Waals surface area contributed by atoms with E-state index in [4.69, 9.17) is 34.8 Å². The van der Waals surface area contributed by atoms with Crippen molar-refractivity contribution in [3.05, 3.63) is 66.8 Å². The van der Waals surface area contributed by atoms with Gasteiger partial charge < -0.3 is 0 Å². The van der Waals surface area contributed by atoms with Crippen molar-refractivity contribution in [1.29, 1.82) is 0 Å². The summed E-state index contributed by atoms with van der Waals surface area (Å²) in [5, 5.41) is -0.425. The molecule has 2 nitrogen and oxygen atoms in total. The van der Waals surface area contributed by atoms with Gasteiger partial charge in [-0.15, -0.1) is 0 Å². The highest BCUT2D eigenvalue weighted by atomic mass is 79.9. The maximum absolute atomic E-state index is 14.5. The van der Waals surface area contributed by atoms with Crippen LogP contribution in [-0.4, -0.2) is 24.2 Å². The molecular weight excluding hydrogens is 520 g/mol. The minimum atomic E-state index is -4.87. The van der Waals surface area contributed by atoms with Gasteiger partial charge in [-0.1, -0.05) is 40.9 Å². The number of carbonyl (C=O) groups excluding carboxylic acids is 1. The first kappa shape index (κ1) is 22.5. The molecule has 154 valence electrons. The zero-order valence-electron chi connectivity index (χ0n) is 14.6. The Labute approximate surface area is 187 Å². The summed E-state index contributed by atoms with van der Waals surface area (Å²) in [4.78, 5) is 16.6. The molecule has 1 aliphatic rings. The lowest BCUT2D eigenvalue weighted by Crippen LogP contribution is -2.52. The number of hydrogen-bond donors (Lipinski definition) is 0. The van der Waals surface area contributed by atoms with Crippen LogP contribution in [0, 0.1) is 11.7 Å². The third kappa shape index (κ3) is 3.71. The number of alkyl halides is 3. The van der Waals surface area contributed by atoms with Crippen LogP contribution in [-0.2, 0) is 10.2 Å². The summed E-state index contributed by atoms with van der Waals surface area (Å²) in [6.45, 7) is 0.309. The van der Waals surface area contributed by atoms with Crippen molar-refractivity contribution in [3.63, 3.8) is 0 Å². The van der Waals surface area contributed by atoms with Gasteiger partial charge in [0.1, 0.15) is 17.0 Å². The summed E-state index contributed by atoms with van der Waals surface area (Å²) >= 11 is 20.8. The second kappa shape index (κ2) is 7.84. The Morgan fingerprint density at radius 1 is 1.17 bits per heavy atom. The molecule has 0 N–H and O–H groups in total. The lowest BCUT2D eigenvalue weighted by Gasteiger charge is -2.37. The van der Waals surface area contributed by atoms with Crippen LogP contribution in [0.25, 0.3) is 0 Å². The van der Waals surface area contributed by atoms with Gasteiger partial charge in [0.2, 0.25) is 0 Å². The number of aliphatic imine (C=N–C) groups is 1. The fourth-order valence-electron chi connectivity index (χ4n) is 3.57. The van der Waals surface area contributed by atoms with Crippen LogP contribution in [0.1, 0.15) is 18.1 Å². The Bertz CT molecular complexity index is 1020. The van der Waals surface area contributed by atoms with Gasteiger partial charge in [-0.05, 0) is 58.2 Å². The van der Waals surface area contributed by atoms with Crippen molar-refractivity contribution < 1.29 is 22.4 Å². The van der Waals surface area contributed by atoms with Gasteiger partial charge in [0.05, 0.1) is 37.7 Å². The first-order valence-electron chi connectivity index (χ1n) is 8.12. The molecule has 2 atom stereocenters. The topological polar surface area (TPSA) is 29.4 Å². The molecule has 10 heteroatoms. The standard InChI is InChI=1S/C19H11BrCl3F4NO/c1-8(29)15-17(9-2-3-14(24)11(20)4-9)28-7-18(15,19(25,26)27)10-5-12(21)16(23)13(22)6-10/h2-6,15H,7H2,1H3/t15-,18+/m0/s1. The van der Waals surface area contributed by atoms with E-state index < -0.39 is 35.7 Å². The molecule has 1 aliphatic heterocycles. The number of benzene rings is 2. The smallest absolute Gasteiger partial charge is 0.299 e. The molecule has 0 saturated heterocycles. The largest absolute Gasteiger partial charge is 0.401 e. The molecular formula is C19H11BrCl3F4NO. The monoisotopic (exact) mass is 529 g/mol. The zero-order valence-corrected chi connectivity index (χ0v) is 18.4. The number of hydrogen-bond acceptors (Lipinski definition) is 2. The predicted molar refractivity (Wildman–Crippen MR) is 109 cm³/mol. The molecule has 0 bridgehead atoms. The Hall–Kier alpha value is -1.15. The quantitative estimate of drug-likeness (QED) is 0.308. The number of ketones is 1. The first-order chi connectivity index (χ1) is 13.4. The molecule has 2 aromatic rings. The number of halogens is 8. The van der Waals surface area contributed by atoms with Gasteiger partial charge in [0, 0.05) is 0 Å². The molecule has 29 heavy (non-hydrogen) atoms. The van der Waals surface area contributed by atoms with Crippen molar-refractivity contribution >= 4 is 62.2 Å². The average Bonchev–Trinajstić information content (AvgIpc) is 3.03. The summed E-state index contributed by atoms with van der Waals surface area (Å²) in [5.41, 5.74) is -2.88. The van der Waals surface area contributed by atoms with E-state index in [-0.39, 0.29) is 36.4 Å². The Morgan fingerprint density at radius 3 is 2.24 bits per heavy atom. The Morgan fingerprint density at radius 2 is 1.76 bits per heavy atom. The second-order valence-corrected chi connectivity index (χ2v) is 8.64. The maximum atomic E-state index is 14.5. The number of carbonyl (C=O) groups is 1. The normalized spacial score (nSPS) is 22.0. The van der Waals surface area contributed by atoms with E-state index in [2.05, 4.69) is 20.9 Å². The third-order valence-corrected chi connectivity index (χ3v) is 6.70. The van der Waals surface area contributed by atoms with E-state index in [0.717, 1.165) is 25.1 Å². The van der Waals surface area contributed by atoms with Crippen LogP contribution in [0.3, 0.4) is 0 Å². The van der Waals surface area contributed by atoms with Gasteiger partial charge in [-0.25, -0.2) is 4.39 Å². The van der Waals surface area contributed by atoms with Crippen LogP contribution < -0.4 is 0 Å². The lowest BCUT2D eigenvalue weighted by atomic mass is 9.67. The summed E-state index contributed by atoms with van der Waals surface area (Å²) in [6.07, 6.45) is -4.87. The summed E-state index contributed by atoms with van der Waals surface area (Å²) < 4.78 is 57.1. The van der Waals surface area contributed by atoms with E-state index in [0.29, 0.717) is 0 Å². The Kier molecular flexibility index (Phi) is 6.09. The van der Waals surface area contributed by atoms with Gasteiger partial charge in [0.15, 0.2) is 0 Å². The van der Waals surface area contributed by atoms with E-state index in [9.17, 15) is 22.4 Å². The highest BCUT2D eigenvalue weighted by Gasteiger charge is 2.65. The fraction of sp³-hybridized carbons (Fsp3) is 0.263. The van der Waals surface area contributed by atoms with Gasteiger partial charge >= 0.3 is 6.18 Å². The van der Waals surface area contributed by atoms with Crippen LogP contribution in [0.4, 0.5) is 17.6 Å². The van der Waals surface area contributed by atoms with E-state index in [1.54, 1.807) is 0 Å². The number of rotatable bonds is 3. The summed E-state index contributed by atoms with van der Waals surface area (Å²) in [7, 11) is 0. The molecule has 0 saturated carbocycles. The van der Waals surface area contributed by atoms with Crippen LogP contribution in [0.15, 0.2) is 39.8 Å². The average molecular weight is 532 g/mol. The number of Topliss-reactive ketones (excluding diaryl/α,β-unsaturated/α-hetero) is 1. The van der Waals surface area contributed by atoms with Crippen molar-refractivity contribution in [2.45, 2.75) is 18.5 Å². The van der Waals surface area contributed by atoms with Gasteiger partial charge in [0.25, 0.3) is 0 Å². The summed E-state index contributed by atoms with van der Waals surface area (Å²) in [5.74, 6) is -3.01. The van der Waals surface area contributed by atoms with Crippen molar-refractivity contribution in [1.82, 2.24) is 0 Å². The molecule has 0 spiro atoms. The molecule has 0 fully saturated rings. The van der Waals surface area contributed by atoms with E-state index >= 15 is 0 Å². The minimum absolute atomic E-state index is 0.0436. The molecule has 2 aromatic carbocycles. The summed E-state index contributed by atoms with van der Waals surface area (Å²) in [6, 6.07) is 5.76. The van der Waals surface area contributed by atoms with Crippen LogP contribution in [0.5, 0.6) is 0 Å². The highest BCUT2D eigenvalue weighted by molar-refractivity contribution is 9.10. The van der Waals surface area contributed by atoms with Crippen molar-refractivity contribution in [2.75, 3.05) is 6.54 Å². The molecule has 0 radical (unpaired) electrons. The van der Waals surface area contributed by atoms with Crippen molar-refractivity contribution in [3.8, 4) is 0 Å². The van der Waals surface area contributed by atoms with E-state index in [1.165, 1.54) is 12.1 Å². The third-order valence-electron chi connectivity index (χ3n) is 4.89. The maximum Gasteiger partial charge on any atom is 0.401 e. The first-order valence-corrected chi connectivity index (χ1v) is 10.0. The zero-order chi connectivity index (χ0) is 21.7. The molecule has 3 rings (SSSR count). The Balaban J connectivity index is 2.26. The molecule has 0 unspecified atom stereocenters. The molecule has 1 heterocycles. The van der Waals surface area contributed by atoms with Gasteiger partial charge in [-0.3, -0.25) is 9.79 Å². The fourth-order valence-corrected chi connectivity index (χ4v) is 4.54. The van der Waals surface area contributed by atoms with Crippen LogP contribution in [0.2, 0.25) is 15.1 Å².